The van der Waals surface area contributed by atoms with Crippen molar-refractivity contribution >= 4 is 40.4 Å². The zero-order valence-electron chi connectivity index (χ0n) is 14.4. The first-order chi connectivity index (χ1) is 12.9. The predicted octanol–water partition coefficient (Wildman–Crippen LogP) is 1.18. The molecule has 0 unspecified atom stereocenters. The first-order valence-electron chi connectivity index (χ1n) is 8.33. The Labute approximate surface area is 157 Å². The van der Waals surface area contributed by atoms with Crippen LogP contribution in [0.5, 0.6) is 0 Å². The standard InChI is InChI=1S/C17H16ClN5O4/c1-20-14-13(15(26)23(17(20)27)9-12(24)25)22-8-2-7-21(16(22)19-14)11-5-3-10(18)4-6-11/h3-6H,2,7-9H2,1H3,(H,24,25). The molecule has 0 fully saturated rings. The van der Waals surface area contributed by atoms with Crippen LogP contribution in [0.3, 0.4) is 0 Å². The molecular weight excluding hydrogens is 374 g/mol. The van der Waals surface area contributed by atoms with Crippen LogP contribution in [0.25, 0.3) is 11.2 Å². The van der Waals surface area contributed by atoms with E-state index in [4.69, 9.17) is 16.7 Å². The minimum absolute atomic E-state index is 0.229. The van der Waals surface area contributed by atoms with Gasteiger partial charge in [-0.2, -0.15) is 4.98 Å². The van der Waals surface area contributed by atoms with Gasteiger partial charge in [0.15, 0.2) is 11.2 Å². The second kappa shape index (κ2) is 6.27. The number of halogens is 1. The molecule has 1 N–H and O–H groups in total. The van der Waals surface area contributed by atoms with Gasteiger partial charge in [0, 0.05) is 30.8 Å². The summed E-state index contributed by atoms with van der Waals surface area (Å²) in [5.41, 5.74) is -0.0170. The number of fused-ring (bicyclic) bond motifs is 3. The Balaban J connectivity index is 1.98. The Kier molecular flexibility index (Phi) is 4.03. The molecular formula is C17H16ClN5O4. The van der Waals surface area contributed by atoms with Crippen molar-refractivity contribution in [3.8, 4) is 0 Å². The second-order valence-electron chi connectivity index (χ2n) is 6.34. The van der Waals surface area contributed by atoms with Gasteiger partial charge in [-0.1, -0.05) is 11.6 Å². The van der Waals surface area contributed by atoms with Gasteiger partial charge in [-0.15, -0.1) is 0 Å². The minimum atomic E-state index is -1.25. The average Bonchev–Trinajstić information content (AvgIpc) is 3.04. The summed E-state index contributed by atoms with van der Waals surface area (Å²) >= 11 is 5.96. The van der Waals surface area contributed by atoms with Gasteiger partial charge in [0.2, 0.25) is 5.95 Å². The molecule has 0 saturated carbocycles. The highest BCUT2D eigenvalue weighted by Crippen LogP contribution is 2.31. The summed E-state index contributed by atoms with van der Waals surface area (Å²) in [5, 5.41) is 9.65. The second-order valence-corrected chi connectivity index (χ2v) is 6.78. The molecule has 2 aromatic heterocycles. The molecule has 27 heavy (non-hydrogen) atoms. The normalized spacial score (nSPS) is 13.8. The molecule has 1 aliphatic rings. The van der Waals surface area contributed by atoms with E-state index in [9.17, 15) is 14.4 Å². The predicted molar refractivity (Wildman–Crippen MR) is 99.9 cm³/mol. The lowest BCUT2D eigenvalue weighted by Gasteiger charge is -2.29. The molecule has 1 aliphatic heterocycles. The van der Waals surface area contributed by atoms with Gasteiger partial charge >= 0.3 is 11.7 Å². The number of anilines is 2. The van der Waals surface area contributed by atoms with E-state index in [1.165, 1.54) is 11.6 Å². The highest BCUT2D eigenvalue weighted by molar-refractivity contribution is 6.30. The average molecular weight is 390 g/mol. The van der Waals surface area contributed by atoms with E-state index in [-0.39, 0.29) is 11.2 Å². The molecule has 10 heteroatoms. The third kappa shape index (κ3) is 2.71. The number of hydrogen-bond acceptors (Lipinski definition) is 5. The number of carbonyl (C=O) groups is 1. The van der Waals surface area contributed by atoms with E-state index in [2.05, 4.69) is 4.98 Å². The number of aliphatic carboxylic acids is 1. The Bertz CT molecular complexity index is 1180. The molecule has 1 aromatic carbocycles. The van der Waals surface area contributed by atoms with Crippen molar-refractivity contribution in [2.75, 3.05) is 11.4 Å². The summed E-state index contributed by atoms with van der Waals surface area (Å²) in [7, 11) is 1.48. The molecule has 3 heterocycles. The maximum absolute atomic E-state index is 12.8. The van der Waals surface area contributed by atoms with E-state index in [0.29, 0.717) is 24.1 Å². The summed E-state index contributed by atoms with van der Waals surface area (Å²) < 4.78 is 3.68. The molecule has 140 valence electrons. The molecule has 0 aliphatic carbocycles. The van der Waals surface area contributed by atoms with Crippen molar-refractivity contribution in [3.05, 3.63) is 50.1 Å². The monoisotopic (exact) mass is 389 g/mol. The highest BCUT2D eigenvalue weighted by atomic mass is 35.5. The summed E-state index contributed by atoms with van der Waals surface area (Å²) in [5.74, 6) is -0.714. The van der Waals surface area contributed by atoms with E-state index >= 15 is 0 Å². The van der Waals surface area contributed by atoms with Crippen LogP contribution in [0.2, 0.25) is 5.02 Å². The van der Waals surface area contributed by atoms with Crippen LogP contribution >= 0.6 is 11.6 Å². The first-order valence-corrected chi connectivity index (χ1v) is 8.71. The Morgan fingerprint density at radius 1 is 1.22 bits per heavy atom. The van der Waals surface area contributed by atoms with Crippen LogP contribution in [0.1, 0.15) is 6.42 Å². The van der Waals surface area contributed by atoms with Crippen LogP contribution in [0.4, 0.5) is 11.6 Å². The number of benzene rings is 1. The van der Waals surface area contributed by atoms with Gasteiger partial charge in [0.05, 0.1) is 0 Å². The largest absolute Gasteiger partial charge is 0.480 e. The summed E-state index contributed by atoms with van der Waals surface area (Å²) in [6, 6.07) is 7.26. The molecule has 0 spiro atoms. The molecule has 0 bridgehead atoms. The zero-order chi connectivity index (χ0) is 19.3. The minimum Gasteiger partial charge on any atom is -0.480 e. The molecule has 0 radical (unpaired) electrons. The lowest BCUT2D eigenvalue weighted by atomic mass is 10.2. The molecule has 0 atom stereocenters. The van der Waals surface area contributed by atoms with Crippen LogP contribution in [-0.4, -0.2) is 36.3 Å². The van der Waals surface area contributed by atoms with E-state index in [1.807, 2.05) is 17.0 Å². The first kappa shape index (κ1) is 17.3. The van der Waals surface area contributed by atoms with Crippen molar-refractivity contribution in [1.82, 2.24) is 18.7 Å². The summed E-state index contributed by atoms with van der Waals surface area (Å²) in [6.07, 6.45) is 0.766. The Morgan fingerprint density at radius 3 is 2.59 bits per heavy atom. The maximum Gasteiger partial charge on any atom is 0.333 e. The lowest BCUT2D eigenvalue weighted by molar-refractivity contribution is -0.137. The van der Waals surface area contributed by atoms with E-state index in [0.717, 1.165) is 16.7 Å². The number of hydrogen-bond donors (Lipinski definition) is 1. The third-order valence-corrected chi connectivity index (χ3v) is 4.90. The maximum atomic E-state index is 12.8. The SMILES string of the molecule is Cn1c(=O)n(CC(=O)O)c(=O)c2c1nc1n2CCCN1c1ccc(Cl)cc1. The quantitative estimate of drug-likeness (QED) is 0.721. The van der Waals surface area contributed by atoms with E-state index in [1.54, 1.807) is 16.7 Å². The lowest BCUT2D eigenvalue weighted by Crippen LogP contribution is -2.41. The van der Waals surface area contributed by atoms with Crippen LogP contribution in [0, 0.1) is 0 Å². The van der Waals surface area contributed by atoms with Gasteiger partial charge in [-0.3, -0.25) is 14.2 Å². The fourth-order valence-electron chi connectivity index (χ4n) is 3.41. The van der Waals surface area contributed by atoms with Crippen LogP contribution in [-0.2, 0) is 24.9 Å². The van der Waals surface area contributed by atoms with Crippen molar-refractivity contribution in [3.63, 3.8) is 0 Å². The number of carboxylic acid groups (broad SMARTS) is 1. The number of imidazole rings is 1. The molecule has 3 aromatic rings. The van der Waals surface area contributed by atoms with E-state index < -0.39 is 23.8 Å². The number of carboxylic acids is 1. The van der Waals surface area contributed by atoms with Gasteiger partial charge in [0.25, 0.3) is 5.56 Å². The van der Waals surface area contributed by atoms with Crippen molar-refractivity contribution in [2.45, 2.75) is 19.5 Å². The fourth-order valence-corrected chi connectivity index (χ4v) is 3.53. The topological polar surface area (TPSA) is 102 Å². The van der Waals surface area contributed by atoms with Gasteiger partial charge < -0.3 is 14.6 Å². The van der Waals surface area contributed by atoms with Gasteiger partial charge in [-0.25, -0.2) is 9.36 Å². The van der Waals surface area contributed by atoms with Gasteiger partial charge in [-0.05, 0) is 30.7 Å². The smallest absolute Gasteiger partial charge is 0.333 e. The number of aryl methyl sites for hydroxylation is 2. The van der Waals surface area contributed by atoms with Crippen LogP contribution < -0.4 is 16.1 Å². The molecule has 0 saturated heterocycles. The van der Waals surface area contributed by atoms with Crippen LogP contribution in [0.15, 0.2) is 33.9 Å². The summed E-state index contributed by atoms with van der Waals surface area (Å²) in [6.45, 7) is 0.557. The van der Waals surface area contributed by atoms with Gasteiger partial charge in [0.1, 0.15) is 6.54 Å². The fraction of sp³-hybridized carbons (Fsp3) is 0.294. The van der Waals surface area contributed by atoms with Crippen molar-refractivity contribution in [1.29, 1.82) is 0 Å². The zero-order valence-corrected chi connectivity index (χ0v) is 15.2. The highest BCUT2D eigenvalue weighted by Gasteiger charge is 2.27. The third-order valence-electron chi connectivity index (χ3n) is 4.65. The number of aromatic nitrogens is 4. The number of rotatable bonds is 3. The Hall–Kier alpha value is -3.07. The molecule has 9 nitrogen and oxygen atoms in total. The Morgan fingerprint density at radius 2 is 1.93 bits per heavy atom. The molecule has 4 rings (SSSR count). The van der Waals surface area contributed by atoms with Crippen molar-refractivity contribution in [2.24, 2.45) is 7.05 Å². The summed E-state index contributed by atoms with van der Waals surface area (Å²) in [4.78, 5) is 42.8. The number of nitrogens with zero attached hydrogens (tertiary/aromatic N) is 5. The van der Waals surface area contributed by atoms with Crippen molar-refractivity contribution < 1.29 is 9.90 Å². The molecule has 0 amide bonds.